The van der Waals surface area contributed by atoms with Gasteiger partial charge in [0.25, 0.3) is 0 Å². The third-order valence-corrected chi connectivity index (χ3v) is 6.58. The van der Waals surface area contributed by atoms with E-state index in [2.05, 4.69) is 94.4 Å². The molecule has 0 spiro atoms. The minimum atomic E-state index is 0.634. The van der Waals surface area contributed by atoms with Crippen molar-refractivity contribution >= 4 is 0 Å². The number of hydrogen-bond acceptors (Lipinski definition) is 5. The molecule has 2 saturated heterocycles. The normalized spacial score (nSPS) is 18.2. The molecular formula is C32H75N5. The van der Waals surface area contributed by atoms with E-state index in [-0.39, 0.29) is 0 Å². The molecule has 0 radical (unpaired) electrons. The quantitative estimate of drug-likeness (QED) is 0.361. The monoisotopic (exact) mass is 530 g/mol. The van der Waals surface area contributed by atoms with Gasteiger partial charge in [0.05, 0.1) is 0 Å². The van der Waals surface area contributed by atoms with Gasteiger partial charge in [-0.3, -0.25) is 4.90 Å². The van der Waals surface area contributed by atoms with Gasteiger partial charge in [-0.2, -0.15) is 0 Å². The number of nitrogens with zero attached hydrogens (tertiary/aromatic N) is 4. The van der Waals surface area contributed by atoms with E-state index in [1.807, 2.05) is 34.7 Å². The molecule has 0 aromatic rings. The summed E-state index contributed by atoms with van der Waals surface area (Å²) in [6.07, 6.45) is 4.14. The topological polar surface area (TPSA) is 25.0 Å². The lowest BCUT2D eigenvalue weighted by Gasteiger charge is -2.40. The van der Waals surface area contributed by atoms with Gasteiger partial charge < -0.3 is 20.0 Å². The lowest BCUT2D eigenvalue weighted by Crippen LogP contribution is -2.50. The summed E-state index contributed by atoms with van der Waals surface area (Å²) in [4.78, 5) is 10.4. The van der Waals surface area contributed by atoms with Crippen LogP contribution in [0.15, 0.2) is 0 Å². The molecule has 2 heterocycles. The van der Waals surface area contributed by atoms with Gasteiger partial charge in [0.15, 0.2) is 0 Å². The van der Waals surface area contributed by atoms with Crippen molar-refractivity contribution in [2.24, 2.45) is 17.8 Å². The van der Waals surface area contributed by atoms with Crippen molar-refractivity contribution in [2.75, 3.05) is 80.0 Å². The maximum atomic E-state index is 3.03. The van der Waals surface area contributed by atoms with Gasteiger partial charge in [0, 0.05) is 51.4 Å². The molecule has 0 aromatic heterocycles. The van der Waals surface area contributed by atoms with Crippen molar-refractivity contribution in [3.05, 3.63) is 0 Å². The summed E-state index contributed by atoms with van der Waals surface area (Å²) >= 11 is 0. The van der Waals surface area contributed by atoms with Crippen LogP contribution in [-0.4, -0.2) is 112 Å². The zero-order valence-electron chi connectivity index (χ0n) is 28.7. The Morgan fingerprint density at radius 2 is 1.16 bits per heavy atom. The van der Waals surface area contributed by atoms with Gasteiger partial charge in [-0.1, -0.05) is 69.2 Å². The first-order chi connectivity index (χ1) is 17.4. The van der Waals surface area contributed by atoms with Crippen LogP contribution >= 0.6 is 0 Å². The summed E-state index contributed by atoms with van der Waals surface area (Å²) in [6, 6.07) is 1.35. The fourth-order valence-corrected chi connectivity index (χ4v) is 4.19. The highest BCUT2D eigenvalue weighted by molar-refractivity contribution is 4.80. The Morgan fingerprint density at radius 3 is 1.51 bits per heavy atom. The smallest absolute Gasteiger partial charge is 0.0113 e. The Hall–Kier alpha value is -0.200. The van der Waals surface area contributed by atoms with E-state index in [1.165, 1.54) is 78.2 Å². The van der Waals surface area contributed by atoms with E-state index in [4.69, 9.17) is 0 Å². The van der Waals surface area contributed by atoms with E-state index in [9.17, 15) is 0 Å². The van der Waals surface area contributed by atoms with E-state index >= 15 is 0 Å². The Labute approximate surface area is 237 Å². The molecule has 1 atom stereocenters. The SMILES string of the molecule is CC.CC.CC(C)C.CC(CCN(C)C)CN1CCC(CN2CCN(C(C)C)CC2)CC1.CNC(C)C. The summed E-state index contributed by atoms with van der Waals surface area (Å²) < 4.78 is 0. The van der Waals surface area contributed by atoms with E-state index < -0.39 is 0 Å². The molecule has 1 N–H and O–H groups in total. The second kappa shape index (κ2) is 27.4. The maximum Gasteiger partial charge on any atom is 0.0113 e. The predicted molar refractivity (Wildman–Crippen MR) is 172 cm³/mol. The Balaban J connectivity index is -0.000000747. The van der Waals surface area contributed by atoms with Gasteiger partial charge >= 0.3 is 0 Å². The van der Waals surface area contributed by atoms with Crippen LogP contribution in [0.2, 0.25) is 0 Å². The van der Waals surface area contributed by atoms with Gasteiger partial charge in [0.1, 0.15) is 0 Å². The minimum Gasteiger partial charge on any atom is -0.318 e. The summed E-state index contributed by atoms with van der Waals surface area (Å²) in [6.45, 7) is 37.4. The molecule has 0 aliphatic carbocycles. The fourth-order valence-electron chi connectivity index (χ4n) is 4.19. The van der Waals surface area contributed by atoms with Crippen LogP contribution < -0.4 is 5.32 Å². The molecule has 228 valence electrons. The Kier molecular flexibility index (Phi) is 30.5. The van der Waals surface area contributed by atoms with Crippen LogP contribution in [0.5, 0.6) is 0 Å². The highest BCUT2D eigenvalue weighted by atomic mass is 15.3. The van der Waals surface area contributed by atoms with Crippen molar-refractivity contribution in [3.63, 3.8) is 0 Å². The highest BCUT2D eigenvalue weighted by Gasteiger charge is 2.25. The lowest BCUT2D eigenvalue weighted by molar-refractivity contribution is 0.0783. The molecule has 0 amide bonds. The highest BCUT2D eigenvalue weighted by Crippen LogP contribution is 2.21. The van der Waals surface area contributed by atoms with E-state index in [0.717, 1.165) is 17.8 Å². The van der Waals surface area contributed by atoms with Gasteiger partial charge in [-0.25, -0.2) is 0 Å². The summed E-state index contributed by atoms with van der Waals surface area (Å²) in [5.74, 6) is 2.59. The third-order valence-electron chi connectivity index (χ3n) is 6.58. The van der Waals surface area contributed by atoms with Crippen molar-refractivity contribution in [3.8, 4) is 0 Å². The molecule has 2 fully saturated rings. The van der Waals surface area contributed by atoms with Crippen molar-refractivity contribution in [1.82, 2.24) is 24.9 Å². The fraction of sp³-hybridized carbons (Fsp3) is 1.00. The molecule has 0 saturated carbocycles. The summed E-state index contributed by atoms with van der Waals surface area (Å²) in [7, 11) is 6.31. The zero-order valence-corrected chi connectivity index (χ0v) is 28.7. The van der Waals surface area contributed by atoms with E-state index in [0.29, 0.717) is 12.1 Å². The minimum absolute atomic E-state index is 0.634. The van der Waals surface area contributed by atoms with Crippen LogP contribution in [0.25, 0.3) is 0 Å². The predicted octanol–water partition coefficient (Wildman–Crippen LogP) is 6.64. The number of nitrogens with one attached hydrogen (secondary N) is 1. The van der Waals surface area contributed by atoms with Crippen molar-refractivity contribution in [2.45, 2.75) is 114 Å². The number of hydrogen-bond donors (Lipinski definition) is 1. The second-order valence-electron chi connectivity index (χ2n) is 12.0. The number of piperazine rings is 1. The van der Waals surface area contributed by atoms with Gasteiger partial charge in [-0.15, -0.1) is 0 Å². The van der Waals surface area contributed by atoms with Crippen LogP contribution in [0, 0.1) is 17.8 Å². The summed E-state index contributed by atoms with van der Waals surface area (Å²) in [5.41, 5.74) is 0. The Bertz CT molecular complexity index is 420. The largest absolute Gasteiger partial charge is 0.318 e. The van der Waals surface area contributed by atoms with Crippen molar-refractivity contribution < 1.29 is 0 Å². The van der Waals surface area contributed by atoms with Crippen molar-refractivity contribution in [1.29, 1.82) is 0 Å². The van der Waals surface area contributed by atoms with Gasteiger partial charge in [-0.05, 0) is 91.6 Å². The molecular weight excluding hydrogens is 454 g/mol. The molecule has 5 heteroatoms. The number of piperidine rings is 1. The molecule has 0 aromatic carbocycles. The van der Waals surface area contributed by atoms with Crippen LogP contribution in [0.1, 0.15) is 102 Å². The zero-order chi connectivity index (χ0) is 29.4. The average molecular weight is 530 g/mol. The molecule has 0 bridgehead atoms. The first-order valence-electron chi connectivity index (χ1n) is 15.9. The molecule has 2 rings (SSSR count). The number of rotatable bonds is 9. The van der Waals surface area contributed by atoms with Crippen LogP contribution in [0.3, 0.4) is 0 Å². The molecule has 2 aliphatic rings. The third kappa shape index (κ3) is 27.2. The molecule has 5 nitrogen and oxygen atoms in total. The van der Waals surface area contributed by atoms with Crippen LogP contribution in [0.4, 0.5) is 0 Å². The average Bonchev–Trinajstić information content (AvgIpc) is 2.87. The molecule has 2 aliphatic heterocycles. The van der Waals surface area contributed by atoms with Crippen LogP contribution in [-0.2, 0) is 0 Å². The second-order valence-corrected chi connectivity index (χ2v) is 12.0. The molecule has 1 unspecified atom stereocenters. The molecule has 37 heavy (non-hydrogen) atoms. The lowest BCUT2D eigenvalue weighted by atomic mass is 9.94. The number of likely N-dealkylation sites (tertiary alicyclic amines) is 1. The Morgan fingerprint density at radius 1 is 0.730 bits per heavy atom. The summed E-state index contributed by atoms with van der Waals surface area (Å²) in [5, 5.41) is 3.03. The van der Waals surface area contributed by atoms with Gasteiger partial charge in [0.2, 0.25) is 0 Å². The first-order valence-corrected chi connectivity index (χ1v) is 15.9. The van der Waals surface area contributed by atoms with E-state index in [1.54, 1.807) is 0 Å². The maximum absolute atomic E-state index is 3.03. The first kappa shape index (κ1) is 41.3. The standard InChI is InChI=1S/C20H42N4.C4H11N.C4H10.2C2H6/c1-18(2)24-14-12-23(13-15-24)17-20-7-10-22(11-8-20)16-19(3)6-9-21(4)5;1-4(2)5-3;1-4(2)3;2*1-2/h18-20H,6-17H2,1-5H3;4-5H,1-3H3;4H,1-3H3;2*1-2H3.